The summed E-state index contributed by atoms with van der Waals surface area (Å²) in [5, 5.41) is 12.9. The second-order valence-electron chi connectivity index (χ2n) is 8.49. The number of hydrogen-bond donors (Lipinski definition) is 2. The number of nitrogens with one attached hydrogen (secondary N) is 1. The van der Waals surface area contributed by atoms with Gasteiger partial charge in [0.25, 0.3) is 0 Å². The lowest BCUT2D eigenvalue weighted by atomic mass is 9.87. The Balaban J connectivity index is 1.66. The number of methoxy groups -OCH3 is 2. The fourth-order valence-corrected chi connectivity index (χ4v) is 2.99. The maximum Gasteiger partial charge on any atom is 0.220 e. The molecule has 0 unspecified atom stereocenters. The molecule has 0 heterocycles. The first kappa shape index (κ1) is 25.3. The van der Waals surface area contributed by atoms with E-state index in [1.54, 1.807) is 18.2 Å². The van der Waals surface area contributed by atoms with Gasteiger partial charge in [0.05, 0.1) is 20.8 Å². The minimum atomic E-state index is -0.869. The fraction of sp³-hybridized carbons (Fsp3) is 0.480. The van der Waals surface area contributed by atoms with Gasteiger partial charge in [-0.3, -0.25) is 4.79 Å². The molecule has 32 heavy (non-hydrogen) atoms. The van der Waals surface area contributed by atoms with Crippen LogP contribution in [0.1, 0.15) is 39.2 Å². The van der Waals surface area contributed by atoms with Crippen LogP contribution < -0.4 is 24.3 Å². The Hall–Kier alpha value is -2.93. The standard InChI is InChI=1S/C25H35NO6/c1-25(2,3)18-11-13-20(14-12-18)31-15-7-10-23(28)26-16-19(27)17-32-24-21(29-4)8-6-9-22(24)30-5/h6,8-9,11-14,19,27H,7,10,15-17H2,1-5H3,(H,26,28)/t19-/m1/s1. The Morgan fingerprint density at radius 2 is 1.62 bits per heavy atom. The Labute approximate surface area is 190 Å². The summed E-state index contributed by atoms with van der Waals surface area (Å²) in [6, 6.07) is 13.3. The van der Waals surface area contributed by atoms with Crippen LogP contribution in [0.3, 0.4) is 0 Å². The Bertz CT molecular complexity index is 822. The van der Waals surface area contributed by atoms with E-state index in [2.05, 4.69) is 38.2 Å². The van der Waals surface area contributed by atoms with E-state index in [9.17, 15) is 9.90 Å². The van der Waals surface area contributed by atoms with Gasteiger partial charge in [-0.1, -0.05) is 39.0 Å². The minimum Gasteiger partial charge on any atom is -0.494 e. The maximum atomic E-state index is 12.0. The van der Waals surface area contributed by atoms with Crippen LogP contribution in [0, 0.1) is 0 Å². The summed E-state index contributed by atoms with van der Waals surface area (Å²) in [6.45, 7) is 7.03. The topological polar surface area (TPSA) is 86.3 Å². The molecular formula is C25H35NO6. The maximum absolute atomic E-state index is 12.0. The molecule has 0 aliphatic rings. The van der Waals surface area contributed by atoms with Crippen molar-refractivity contribution in [2.45, 2.75) is 45.1 Å². The first-order chi connectivity index (χ1) is 15.2. The lowest BCUT2D eigenvalue weighted by molar-refractivity contribution is -0.121. The van der Waals surface area contributed by atoms with Crippen molar-refractivity contribution in [2.24, 2.45) is 0 Å². The van der Waals surface area contributed by atoms with Crippen LogP contribution in [-0.2, 0) is 10.2 Å². The molecule has 2 aromatic rings. The molecule has 0 saturated carbocycles. The van der Waals surface area contributed by atoms with E-state index in [-0.39, 0.29) is 24.5 Å². The van der Waals surface area contributed by atoms with Gasteiger partial charge in [-0.15, -0.1) is 0 Å². The van der Waals surface area contributed by atoms with Gasteiger partial charge in [0, 0.05) is 13.0 Å². The molecule has 2 aromatic carbocycles. The third-order valence-corrected chi connectivity index (χ3v) is 4.87. The number of carbonyl (C=O) groups excluding carboxylic acids is 1. The number of carbonyl (C=O) groups is 1. The highest BCUT2D eigenvalue weighted by Gasteiger charge is 2.15. The van der Waals surface area contributed by atoms with Crippen LogP contribution in [-0.4, -0.2) is 51.1 Å². The molecule has 1 amide bonds. The molecule has 1 atom stereocenters. The minimum absolute atomic E-state index is 0.00924. The zero-order valence-electron chi connectivity index (χ0n) is 19.6. The average molecular weight is 446 g/mol. The second-order valence-corrected chi connectivity index (χ2v) is 8.49. The van der Waals surface area contributed by atoms with Crippen molar-refractivity contribution in [3.05, 3.63) is 48.0 Å². The van der Waals surface area contributed by atoms with Crippen molar-refractivity contribution in [3.8, 4) is 23.0 Å². The largest absolute Gasteiger partial charge is 0.494 e. The quantitative estimate of drug-likeness (QED) is 0.485. The number of rotatable bonds is 12. The molecule has 0 radical (unpaired) electrons. The highest BCUT2D eigenvalue weighted by Crippen LogP contribution is 2.36. The number of aliphatic hydroxyl groups excluding tert-OH is 1. The summed E-state index contributed by atoms with van der Waals surface area (Å²) in [6.07, 6.45) is 0.0254. The molecule has 0 aliphatic heterocycles. The van der Waals surface area contributed by atoms with Gasteiger partial charge in [0.15, 0.2) is 11.5 Å². The van der Waals surface area contributed by atoms with E-state index in [1.165, 1.54) is 19.8 Å². The number of aliphatic hydroxyl groups is 1. The smallest absolute Gasteiger partial charge is 0.220 e. The molecule has 0 fully saturated rings. The van der Waals surface area contributed by atoms with Crippen molar-refractivity contribution in [2.75, 3.05) is 34.0 Å². The summed E-state index contributed by atoms with van der Waals surface area (Å²) in [5.74, 6) is 2.07. The van der Waals surface area contributed by atoms with Crippen molar-refractivity contribution in [1.29, 1.82) is 0 Å². The van der Waals surface area contributed by atoms with Gasteiger partial charge in [-0.05, 0) is 41.7 Å². The van der Waals surface area contributed by atoms with Crippen molar-refractivity contribution in [3.63, 3.8) is 0 Å². The number of hydrogen-bond acceptors (Lipinski definition) is 6. The second kappa shape index (κ2) is 12.2. The van der Waals surface area contributed by atoms with Gasteiger partial charge >= 0.3 is 0 Å². The van der Waals surface area contributed by atoms with Gasteiger partial charge in [0.1, 0.15) is 18.5 Å². The summed E-state index contributed by atoms with van der Waals surface area (Å²) in [5.41, 5.74) is 1.35. The molecule has 0 bridgehead atoms. The van der Waals surface area contributed by atoms with Crippen molar-refractivity contribution >= 4 is 5.91 Å². The third kappa shape index (κ3) is 7.96. The number of ether oxygens (including phenoxy) is 4. The molecule has 7 heteroatoms. The van der Waals surface area contributed by atoms with Crippen LogP contribution in [0.4, 0.5) is 0 Å². The molecule has 2 N–H and O–H groups in total. The number of para-hydroxylation sites is 1. The molecule has 2 rings (SSSR count). The molecule has 176 valence electrons. The van der Waals surface area contributed by atoms with E-state index in [0.717, 1.165) is 5.75 Å². The summed E-state index contributed by atoms with van der Waals surface area (Å²) in [7, 11) is 3.06. The van der Waals surface area contributed by atoms with Gasteiger partial charge in [0.2, 0.25) is 11.7 Å². The van der Waals surface area contributed by atoms with Crippen LogP contribution in [0.5, 0.6) is 23.0 Å². The highest BCUT2D eigenvalue weighted by molar-refractivity contribution is 5.75. The lowest BCUT2D eigenvalue weighted by Crippen LogP contribution is -2.35. The first-order valence-electron chi connectivity index (χ1n) is 10.8. The molecule has 0 saturated heterocycles. The van der Waals surface area contributed by atoms with Crippen LogP contribution in [0.25, 0.3) is 0 Å². The van der Waals surface area contributed by atoms with Crippen LogP contribution in [0.2, 0.25) is 0 Å². The van der Waals surface area contributed by atoms with Crippen molar-refractivity contribution in [1.82, 2.24) is 5.32 Å². The van der Waals surface area contributed by atoms with E-state index in [1.807, 2.05) is 12.1 Å². The van der Waals surface area contributed by atoms with Gasteiger partial charge < -0.3 is 29.4 Å². The normalized spacial score (nSPS) is 12.1. The molecular weight excluding hydrogens is 410 g/mol. The zero-order chi connectivity index (χ0) is 23.6. The number of benzene rings is 2. The summed E-state index contributed by atoms with van der Waals surface area (Å²) < 4.78 is 21.9. The van der Waals surface area contributed by atoms with E-state index in [4.69, 9.17) is 18.9 Å². The van der Waals surface area contributed by atoms with Crippen LogP contribution >= 0.6 is 0 Å². The fourth-order valence-electron chi connectivity index (χ4n) is 2.99. The first-order valence-corrected chi connectivity index (χ1v) is 10.8. The van der Waals surface area contributed by atoms with Gasteiger partial charge in [-0.25, -0.2) is 0 Å². The van der Waals surface area contributed by atoms with E-state index in [0.29, 0.717) is 36.7 Å². The molecule has 7 nitrogen and oxygen atoms in total. The number of amides is 1. The third-order valence-electron chi connectivity index (χ3n) is 4.87. The summed E-state index contributed by atoms with van der Waals surface area (Å²) >= 11 is 0. The predicted octanol–water partition coefficient (Wildman–Crippen LogP) is 3.72. The highest BCUT2D eigenvalue weighted by atomic mass is 16.5. The van der Waals surface area contributed by atoms with Crippen molar-refractivity contribution < 1.29 is 28.8 Å². The monoisotopic (exact) mass is 445 g/mol. The summed E-state index contributed by atoms with van der Waals surface area (Å²) in [4.78, 5) is 12.0. The van der Waals surface area contributed by atoms with Crippen LogP contribution in [0.15, 0.2) is 42.5 Å². The SMILES string of the molecule is COc1cccc(OC)c1OC[C@H](O)CNC(=O)CCCOc1ccc(C(C)(C)C)cc1. The predicted molar refractivity (Wildman–Crippen MR) is 124 cm³/mol. The molecule has 0 spiro atoms. The van der Waals surface area contributed by atoms with E-state index < -0.39 is 6.10 Å². The Morgan fingerprint density at radius 1 is 1.00 bits per heavy atom. The average Bonchev–Trinajstić information content (AvgIpc) is 2.78. The lowest BCUT2D eigenvalue weighted by Gasteiger charge is -2.19. The molecule has 0 aliphatic carbocycles. The Kier molecular flexibility index (Phi) is 9.65. The van der Waals surface area contributed by atoms with E-state index >= 15 is 0 Å². The van der Waals surface area contributed by atoms with Gasteiger partial charge in [-0.2, -0.15) is 0 Å². The Morgan fingerprint density at radius 3 is 2.19 bits per heavy atom. The zero-order valence-corrected chi connectivity index (χ0v) is 19.6. The molecule has 0 aromatic heterocycles.